The lowest BCUT2D eigenvalue weighted by Crippen LogP contribution is -2.51. The van der Waals surface area contributed by atoms with Gasteiger partial charge in [-0.15, -0.1) is 0 Å². The molecule has 0 saturated carbocycles. The number of nitrogens with zero attached hydrogens (tertiary/aromatic N) is 2. The van der Waals surface area contributed by atoms with E-state index in [0.29, 0.717) is 26.2 Å². The van der Waals surface area contributed by atoms with Gasteiger partial charge in [-0.05, 0) is 12.1 Å². The number of carbonyl (C=O) groups is 2. The normalized spacial score (nSPS) is 15.4. The van der Waals surface area contributed by atoms with Gasteiger partial charge in [0.15, 0.2) is 0 Å². The molecule has 5 heteroatoms. The molecule has 26 heavy (non-hydrogen) atoms. The van der Waals surface area contributed by atoms with E-state index in [9.17, 15) is 9.59 Å². The summed E-state index contributed by atoms with van der Waals surface area (Å²) in [5.41, 5.74) is 1.82. The van der Waals surface area contributed by atoms with Crippen LogP contribution in [0.3, 0.4) is 0 Å². The van der Waals surface area contributed by atoms with Crippen LogP contribution in [-0.4, -0.2) is 47.8 Å². The van der Waals surface area contributed by atoms with Gasteiger partial charge in [-0.25, -0.2) is 0 Å². The summed E-state index contributed by atoms with van der Waals surface area (Å²) in [6.07, 6.45) is 4.26. The Morgan fingerprint density at radius 1 is 1.12 bits per heavy atom. The monoisotopic (exact) mass is 354 g/mol. The second-order valence-corrected chi connectivity index (χ2v) is 6.93. The molecule has 2 heterocycles. The van der Waals surface area contributed by atoms with Crippen molar-refractivity contribution in [3.63, 3.8) is 0 Å². The number of benzene rings is 1. The Morgan fingerprint density at radius 2 is 1.77 bits per heavy atom. The van der Waals surface area contributed by atoms with Gasteiger partial charge in [0.05, 0.1) is 0 Å². The van der Waals surface area contributed by atoms with Crippen molar-refractivity contribution in [1.29, 1.82) is 0 Å². The topological polar surface area (TPSA) is 53.8 Å². The van der Waals surface area contributed by atoms with E-state index in [1.165, 1.54) is 0 Å². The van der Waals surface area contributed by atoms with Crippen LogP contribution in [0.2, 0.25) is 0 Å². The second kappa shape index (κ2) is 7.77. The number of furan rings is 1. The summed E-state index contributed by atoms with van der Waals surface area (Å²) in [6, 6.07) is 7.88. The van der Waals surface area contributed by atoms with Crippen LogP contribution in [0.5, 0.6) is 0 Å². The fourth-order valence-corrected chi connectivity index (χ4v) is 3.33. The number of amides is 2. The molecule has 1 saturated heterocycles. The molecule has 1 aromatic heterocycles. The van der Waals surface area contributed by atoms with E-state index in [2.05, 4.69) is 0 Å². The standard InChI is InChI=1S/C21H26N2O3/c1-4-18-17(16-7-5-6-8-19(16)26-18)9-10-20(24)22-11-13-23(14-12-22)21(25)15(2)3/h5-10,15H,4,11-14H2,1-3H3/b10-9+. The van der Waals surface area contributed by atoms with Gasteiger partial charge in [-0.2, -0.15) is 0 Å². The molecule has 2 aromatic rings. The Morgan fingerprint density at radius 3 is 2.42 bits per heavy atom. The summed E-state index contributed by atoms with van der Waals surface area (Å²) >= 11 is 0. The highest BCUT2D eigenvalue weighted by Gasteiger charge is 2.24. The van der Waals surface area contributed by atoms with Gasteiger partial charge in [0.2, 0.25) is 11.8 Å². The highest BCUT2D eigenvalue weighted by molar-refractivity contribution is 5.96. The fraction of sp³-hybridized carbons (Fsp3) is 0.429. The third-order valence-corrected chi connectivity index (χ3v) is 4.82. The first-order valence-electron chi connectivity index (χ1n) is 9.27. The molecule has 3 rings (SSSR count). The SMILES string of the molecule is CCc1oc2ccccc2c1/C=C/C(=O)N1CCN(C(=O)C(C)C)CC1. The third-order valence-electron chi connectivity index (χ3n) is 4.82. The molecule has 1 aromatic carbocycles. The Labute approximate surface area is 154 Å². The van der Waals surface area contributed by atoms with Gasteiger partial charge < -0.3 is 14.2 Å². The lowest BCUT2D eigenvalue weighted by molar-refractivity contribution is -0.139. The average molecular weight is 354 g/mol. The summed E-state index contributed by atoms with van der Waals surface area (Å²) in [7, 11) is 0. The Bertz CT molecular complexity index is 827. The van der Waals surface area contributed by atoms with E-state index in [4.69, 9.17) is 4.42 Å². The molecule has 0 atom stereocenters. The predicted molar refractivity (Wildman–Crippen MR) is 103 cm³/mol. The minimum Gasteiger partial charge on any atom is -0.460 e. The molecular formula is C21H26N2O3. The third kappa shape index (κ3) is 3.66. The molecule has 0 radical (unpaired) electrons. The number of para-hydroxylation sites is 1. The van der Waals surface area contributed by atoms with E-state index in [-0.39, 0.29) is 17.7 Å². The van der Waals surface area contributed by atoms with Crippen molar-refractivity contribution in [2.24, 2.45) is 5.92 Å². The van der Waals surface area contributed by atoms with Crippen LogP contribution in [0.25, 0.3) is 17.0 Å². The van der Waals surface area contributed by atoms with Gasteiger partial charge in [-0.1, -0.05) is 39.0 Å². The maximum absolute atomic E-state index is 12.5. The van der Waals surface area contributed by atoms with E-state index >= 15 is 0 Å². The Hall–Kier alpha value is -2.56. The highest BCUT2D eigenvalue weighted by atomic mass is 16.3. The van der Waals surface area contributed by atoms with Gasteiger partial charge in [0, 0.05) is 55.5 Å². The van der Waals surface area contributed by atoms with Crippen molar-refractivity contribution in [1.82, 2.24) is 9.80 Å². The Kier molecular flexibility index (Phi) is 5.45. The van der Waals surface area contributed by atoms with Crippen molar-refractivity contribution in [3.8, 4) is 0 Å². The zero-order valence-corrected chi connectivity index (χ0v) is 15.7. The molecule has 1 fully saturated rings. The first-order chi connectivity index (χ1) is 12.5. The molecule has 0 N–H and O–H groups in total. The first kappa shape index (κ1) is 18.2. The largest absolute Gasteiger partial charge is 0.460 e. The van der Waals surface area contributed by atoms with Gasteiger partial charge >= 0.3 is 0 Å². The van der Waals surface area contributed by atoms with Crippen molar-refractivity contribution < 1.29 is 14.0 Å². The molecule has 2 amide bonds. The zero-order chi connectivity index (χ0) is 18.7. The number of carbonyl (C=O) groups excluding carboxylic acids is 2. The maximum Gasteiger partial charge on any atom is 0.246 e. The van der Waals surface area contributed by atoms with E-state index in [0.717, 1.165) is 28.7 Å². The molecule has 5 nitrogen and oxygen atoms in total. The lowest BCUT2D eigenvalue weighted by Gasteiger charge is -2.35. The number of aryl methyl sites for hydroxylation is 1. The smallest absolute Gasteiger partial charge is 0.246 e. The van der Waals surface area contributed by atoms with Gasteiger partial charge in [-0.3, -0.25) is 9.59 Å². The van der Waals surface area contributed by atoms with Crippen LogP contribution < -0.4 is 0 Å². The number of rotatable bonds is 4. The molecule has 138 valence electrons. The van der Waals surface area contributed by atoms with Crippen LogP contribution in [0, 0.1) is 5.92 Å². The zero-order valence-electron chi connectivity index (χ0n) is 15.7. The van der Waals surface area contributed by atoms with Crippen LogP contribution in [-0.2, 0) is 16.0 Å². The van der Waals surface area contributed by atoms with Crippen molar-refractivity contribution in [2.75, 3.05) is 26.2 Å². The molecule has 1 aliphatic heterocycles. The molecule has 1 aliphatic rings. The van der Waals surface area contributed by atoms with Crippen molar-refractivity contribution in [3.05, 3.63) is 41.7 Å². The first-order valence-corrected chi connectivity index (χ1v) is 9.27. The minimum atomic E-state index is -0.0195. The van der Waals surface area contributed by atoms with Crippen LogP contribution in [0.15, 0.2) is 34.8 Å². The molecule has 0 unspecified atom stereocenters. The van der Waals surface area contributed by atoms with Crippen LogP contribution in [0.1, 0.15) is 32.1 Å². The highest BCUT2D eigenvalue weighted by Crippen LogP contribution is 2.27. The van der Waals surface area contributed by atoms with Gasteiger partial charge in [0.1, 0.15) is 11.3 Å². The predicted octanol–water partition coefficient (Wildman–Crippen LogP) is 3.34. The van der Waals surface area contributed by atoms with Crippen LogP contribution >= 0.6 is 0 Å². The molecule has 0 bridgehead atoms. The summed E-state index contributed by atoms with van der Waals surface area (Å²) < 4.78 is 5.87. The number of hydrogen-bond acceptors (Lipinski definition) is 3. The number of fused-ring (bicyclic) bond motifs is 1. The second-order valence-electron chi connectivity index (χ2n) is 6.93. The fourth-order valence-electron chi connectivity index (χ4n) is 3.33. The van der Waals surface area contributed by atoms with Crippen LogP contribution in [0.4, 0.5) is 0 Å². The Balaban J connectivity index is 1.69. The number of hydrogen-bond donors (Lipinski definition) is 0. The summed E-state index contributed by atoms with van der Waals surface area (Å²) in [6.45, 7) is 8.22. The quantitative estimate of drug-likeness (QED) is 0.792. The van der Waals surface area contributed by atoms with Crippen molar-refractivity contribution in [2.45, 2.75) is 27.2 Å². The summed E-state index contributed by atoms with van der Waals surface area (Å²) in [5, 5.41) is 1.03. The minimum absolute atomic E-state index is 0.000941. The molecular weight excluding hydrogens is 328 g/mol. The molecule has 0 spiro atoms. The van der Waals surface area contributed by atoms with E-state index in [1.807, 2.05) is 56.0 Å². The van der Waals surface area contributed by atoms with Gasteiger partial charge in [0.25, 0.3) is 0 Å². The van der Waals surface area contributed by atoms with Crippen molar-refractivity contribution >= 4 is 28.9 Å². The van der Waals surface area contributed by atoms with E-state index in [1.54, 1.807) is 11.0 Å². The summed E-state index contributed by atoms with van der Waals surface area (Å²) in [5.74, 6) is 1.03. The number of piperazine rings is 1. The maximum atomic E-state index is 12.5. The average Bonchev–Trinajstić information content (AvgIpc) is 3.03. The molecule has 0 aliphatic carbocycles. The summed E-state index contributed by atoms with van der Waals surface area (Å²) in [4.78, 5) is 28.2. The lowest BCUT2D eigenvalue weighted by atomic mass is 10.1. The van der Waals surface area contributed by atoms with E-state index < -0.39 is 0 Å².